The molecular weight excluding hydrogens is 188 g/mol. The fraction of sp³-hybridized carbons (Fsp3) is 0.769. The van der Waals surface area contributed by atoms with E-state index in [1.807, 2.05) is 13.8 Å². The van der Waals surface area contributed by atoms with Gasteiger partial charge in [-0.2, -0.15) is 0 Å². The molecule has 0 spiro atoms. The highest BCUT2D eigenvalue weighted by Crippen LogP contribution is 2.41. The number of ether oxygens (including phenoxy) is 1. The molecule has 0 rings (SSSR count). The smallest absolute Gasteiger partial charge is 0.330 e. The van der Waals surface area contributed by atoms with Crippen LogP contribution in [0.4, 0.5) is 0 Å². The van der Waals surface area contributed by atoms with Gasteiger partial charge in [0.25, 0.3) is 0 Å². The lowest BCUT2D eigenvalue weighted by molar-refractivity contribution is -0.164. The predicted octanol–water partition coefficient (Wildman–Crippen LogP) is 3.71. The summed E-state index contributed by atoms with van der Waals surface area (Å²) >= 11 is 0. The molecule has 88 valence electrons. The van der Waals surface area contributed by atoms with Gasteiger partial charge in [-0.3, -0.25) is 0 Å². The van der Waals surface area contributed by atoms with E-state index in [9.17, 15) is 4.79 Å². The van der Waals surface area contributed by atoms with E-state index in [4.69, 9.17) is 4.74 Å². The molecule has 0 aliphatic carbocycles. The van der Waals surface area contributed by atoms with Crippen LogP contribution in [0.15, 0.2) is 12.7 Å². The Morgan fingerprint density at radius 1 is 1.33 bits per heavy atom. The number of rotatable bonds is 6. The fourth-order valence-corrected chi connectivity index (χ4v) is 1.87. The van der Waals surface area contributed by atoms with Gasteiger partial charge < -0.3 is 4.74 Å². The van der Waals surface area contributed by atoms with Crippen LogP contribution in [0.2, 0.25) is 0 Å². The molecule has 0 saturated carbocycles. The Kier molecular flexibility index (Phi) is 5.06. The van der Waals surface area contributed by atoms with Gasteiger partial charge in [0.05, 0.1) is 0 Å². The maximum absolute atomic E-state index is 11.3. The summed E-state index contributed by atoms with van der Waals surface area (Å²) in [6.07, 6.45) is 4.38. The SMILES string of the molecule is C=CC(=O)OC(C)(C)C(C)(CC)CCC. The molecule has 0 fully saturated rings. The molecular formula is C13H24O2. The molecule has 2 nitrogen and oxygen atoms in total. The number of carbonyl (C=O) groups is 1. The molecule has 0 aromatic carbocycles. The maximum atomic E-state index is 11.3. The summed E-state index contributed by atoms with van der Waals surface area (Å²) in [7, 11) is 0. The van der Waals surface area contributed by atoms with Crippen molar-refractivity contribution in [3.8, 4) is 0 Å². The number of esters is 1. The first kappa shape index (κ1) is 14.2. The highest BCUT2D eigenvalue weighted by Gasteiger charge is 2.41. The number of hydrogen-bond donors (Lipinski definition) is 0. The lowest BCUT2D eigenvalue weighted by atomic mass is 9.70. The minimum absolute atomic E-state index is 0.0282. The molecule has 0 N–H and O–H groups in total. The second-order valence-corrected chi connectivity index (χ2v) is 4.80. The quantitative estimate of drug-likeness (QED) is 0.495. The van der Waals surface area contributed by atoms with E-state index in [1.54, 1.807) is 0 Å². The molecule has 0 aromatic rings. The third kappa shape index (κ3) is 3.37. The van der Waals surface area contributed by atoms with Crippen LogP contribution in [0.1, 0.15) is 53.9 Å². The predicted molar refractivity (Wildman–Crippen MR) is 63.7 cm³/mol. The van der Waals surface area contributed by atoms with Crippen molar-refractivity contribution < 1.29 is 9.53 Å². The first-order valence-corrected chi connectivity index (χ1v) is 5.68. The van der Waals surface area contributed by atoms with Gasteiger partial charge in [-0.25, -0.2) is 4.79 Å². The van der Waals surface area contributed by atoms with Crippen molar-refractivity contribution >= 4 is 5.97 Å². The molecule has 1 atom stereocenters. The number of carbonyl (C=O) groups excluding carboxylic acids is 1. The van der Waals surface area contributed by atoms with Gasteiger partial charge in [-0.15, -0.1) is 0 Å². The van der Waals surface area contributed by atoms with Gasteiger partial charge in [0.15, 0.2) is 0 Å². The maximum Gasteiger partial charge on any atom is 0.330 e. The Hall–Kier alpha value is -0.790. The molecule has 15 heavy (non-hydrogen) atoms. The second kappa shape index (κ2) is 5.34. The highest BCUT2D eigenvalue weighted by atomic mass is 16.6. The minimum Gasteiger partial charge on any atom is -0.456 e. The van der Waals surface area contributed by atoms with Crippen LogP contribution in [-0.4, -0.2) is 11.6 Å². The van der Waals surface area contributed by atoms with Gasteiger partial charge in [0.2, 0.25) is 0 Å². The fourth-order valence-electron chi connectivity index (χ4n) is 1.87. The van der Waals surface area contributed by atoms with E-state index in [-0.39, 0.29) is 11.4 Å². The summed E-state index contributed by atoms with van der Waals surface area (Å²) in [5.41, 5.74) is -0.413. The Morgan fingerprint density at radius 3 is 2.20 bits per heavy atom. The molecule has 0 radical (unpaired) electrons. The molecule has 0 heterocycles. The average Bonchev–Trinajstić information content (AvgIpc) is 2.17. The molecule has 1 unspecified atom stereocenters. The zero-order valence-electron chi connectivity index (χ0n) is 10.7. The summed E-state index contributed by atoms with van der Waals surface area (Å²) in [6, 6.07) is 0. The lowest BCUT2D eigenvalue weighted by Crippen LogP contribution is -2.44. The van der Waals surface area contributed by atoms with Crippen LogP contribution >= 0.6 is 0 Å². The zero-order chi connectivity index (χ0) is 12.1. The monoisotopic (exact) mass is 212 g/mol. The van der Waals surface area contributed by atoms with Crippen LogP contribution < -0.4 is 0 Å². The summed E-state index contributed by atoms with van der Waals surface area (Å²) in [5.74, 6) is -0.337. The number of hydrogen-bond acceptors (Lipinski definition) is 2. The van der Waals surface area contributed by atoms with Crippen molar-refractivity contribution in [1.29, 1.82) is 0 Å². The average molecular weight is 212 g/mol. The van der Waals surface area contributed by atoms with E-state index in [2.05, 4.69) is 27.4 Å². The summed E-state index contributed by atoms with van der Waals surface area (Å²) < 4.78 is 5.44. The minimum atomic E-state index is -0.441. The Balaban J connectivity index is 4.78. The van der Waals surface area contributed by atoms with Crippen LogP contribution in [0.5, 0.6) is 0 Å². The Labute approximate surface area is 93.7 Å². The molecule has 0 aromatic heterocycles. The van der Waals surface area contributed by atoms with E-state index >= 15 is 0 Å². The second-order valence-electron chi connectivity index (χ2n) is 4.80. The molecule has 0 saturated heterocycles. The van der Waals surface area contributed by atoms with Gasteiger partial charge in [0, 0.05) is 11.5 Å². The van der Waals surface area contributed by atoms with Crippen LogP contribution in [0.3, 0.4) is 0 Å². The molecule has 0 aliphatic rings. The van der Waals surface area contributed by atoms with Crippen molar-refractivity contribution in [2.75, 3.05) is 0 Å². The standard InChI is InChI=1S/C13H24O2/c1-7-10-13(6,9-3)12(4,5)15-11(14)8-2/h8H,2,7,9-10H2,1,3-6H3. The third-order valence-corrected chi connectivity index (χ3v) is 3.56. The molecule has 2 heteroatoms. The molecule has 0 amide bonds. The van der Waals surface area contributed by atoms with Crippen LogP contribution in [-0.2, 0) is 9.53 Å². The van der Waals surface area contributed by atoms with E-state index in [0.717, 1.165) is 19.3 Å². The Bertz CT molecular complexity index is 231. The van der Waals surface area contributed by atoms with Crippen molar-refractivity contribution in [1.82, 2.24) is 0 Å². The molecule has 0 aliphatic heterocycles. The first-order valence-electron chi connectivity index (χ1n) is 5.68. The third-order valence-electron chi connectivity index (χ3n) is 3.56. The van der Waals surface area contributed by atoms with Crippen molar-refractivity contribution in [3.63, 3.8) is 0 Å². The van der Waals surface area contributed by atoms with Crippen molar-refractivity contribution in [2.24, 2.45) is 5.41 Å². The highest BCUT2D eigenvalue weighted by molar-refractivity contribution is 5.81. The summed E-state index contributed by atoms with van der Waals surface area (Å²) in [5, 5.41) is 0. The normalized spacial score (nSPS) is 15.5. The van der Waals surface area contributed by atoms with Gasteiger partial charge in [-0.05, 0) is 26.7 Å². The van der Waals surface area contributed by atoms with Gasteiger partial charge in [0.1, 0.15) is 5.60 Å². The lowest BCUT2D eigenvalue weighted by Gasteiger charge is -2.43. The van der Waals surface area contributed by atoms with Crippen LogP contribution in [0, 0.1) is 5.41 Å². The topological polar surface area (TPSA) is 26.3 Å². The molecule has 0 bridgehead atoms. The van der Waals surface area contributed by atoms with E-state index in [1.165, 1.54) is 6.08 Å². The van der Waals surface area contributed by atoms with E-state index < -0.39 is 5.60 Å². The Morgan fingerprint density at radius 2 is 1.87 bits per heavy atom. The summed E-state index contributed by atoms with van der Waals surface area (Å²) in [6.45, 7) is 13.8. The largest absolute Gasteiger partial charge is 0.456 e. The van der Waals surface area contributed by atoms with Crippen LogP contribution in [0.25, 0.3) is 0 Å². The van der Waals surface area contributed by atoms with Gasteiger partial charge in [-0.1, -0.05) is 33.8 Å². The first-order chi connectivity index (χ1) is 6.83. The van der Waals surface area contributed by atoms with Crippen molar-refractivity contribution in [3.05, 3.63) is 12.7 Å². The van der Waals surface area contributed by atoms with Gasteiger partial charge >= 0.3 is 5.97 Å². The van der Waals surface area contributed by atoms with Crippen molar-refractivity contribution in [2.45, 2.75) is 59.5 Å². The summed E-state index contributed by atoms with van der Waals surface area (Å²) in [4.78, 5) is 11.3. The van der Waals surface area contributed by atoms with E-state index in [0.29, 0.717) is 0 Å². The zero-order valence-corrected chi connectivity index (χ0v) is 10.7.